The molecule has 5 heteroatoms. The Morgan fingerprint density at radius 1 is 1.12 bits per heavy atom. The summed E-state index contributed by atoms with van der Waals surface area (Å²) in [7, 11) is 0. The van der Waals surface area contributed by atoms with Crippen molar-refractivity contribution in [1.29, 1.82) is 0 Å². The van der Waals surface area contributed by atoms with Crippen molar-refractivity contribution in [2.45, 2.75) is 30.9 Å². The maximum Gasteiger partial charge on any atom is 0.251 e. The van der Waals surface area contributed by atoms with Crippen LogP contribution in [0.2, 0.25) is 0 Å². The highest BCUT2D eigenvalue weighted by Gasteiger charge is 2.41. The summed E-state index contributed by atoms with van der Waals surface area (Å²) in [4.78, 5) is 12.7. The first kappa shape index (κ1) is 17.2. The average Bonchev–Trinajstić information content (AvgIpc) is 3.04. The average molecular weight is 354 g/mol. The highest BCUT2D eigenvalue weighted by molar-refractivity contribution is 5.95. The molecule has 0 saturated carbocycles. The lowest BCUT2D eigenvalue weighted by molar-refractivity contribution is -0.0194. The molecular formula is C21H23FN2O2. The number of rotatable bonds is 3. The van der Waals surface area contributed by atoms with Gasteiger partial charge >= 0.3 is 0 Å². The van der Waals surface area contributed by atoms with Crippen LogP contribution in [0.3, 0.4) is 0 Å². The zero-order chi connectivity index (χ0) is 18.0. The van der Waals surface area contributed by atoms with Gasteiger partial charge in [0.1, 0.15) is 5.82 Å². The maximum absolute atomic E-state index is 13.5. The van der Waals surface area contributed by atoms with Crippen LogP contribution < -0.4 is 10.6 Å². The van der Waals surface area contributed by atoms with E-state index >= 15 is 0 Å². The van der Waals surface area contributed by atoms with Gasteiger partial charge in [-0.2, -0.15) is 0 Å². The van der Waals surface area contributed by atoms with Crippen LogP contribution in [0.15, 0.2) is 48.5 Å². The zero-order valence-electron chi connectivity index (χ0n) is 14.6. The van der Waals surface area contributed by atoms with E-state index in [-0.39, 0.29) is 23.4 Å². The van der Waals surface area contributed by atoms with Crippen LogP contribution >= 0.6 is 0 Å². The lowest BCUT2D eigenvalue weighted by atomic mass is 9.88. The third-order valence-corrected chi connectivity index (χ3v) is 5.34. The molecule has 0 bridgehead atoms. The van der Waals surface area contributed by atoms with Gasteiger partial charge in [0, 0.05) is 5.56 Å². The Hall–Kier alpha value is -2.24. The van der Waals surface area contributed by atoms with Crippen LogP contribution in [0.5, 0.6) is 0 Å². The largest absolute Gasteiger partial charge is 0.373 e. The van der Waals surface area contributed by atoms with E-state index in [9.17, 15) is 9.18 Å². The minimum Gasteiger partial charge on any atom is -0.373 e. The molecule has 2 aromatic rings. The molecular weight excluding hydrogens is 331 g/mol. The van der Waals surface area contributed by atoms with Crippen LogP contribution in [-0.2, 0) is 4.74 Å². The quantitative estimate of drug-likeness (QED) is 0.890. The normalized spacial score (nSPS) is 21.7. The van der Waals surface area contributed by atoms with Gasteiger partial charge in [0.2, 0.25) is 0 Å². The fourth-order valence-corrected chi connectivity index (χ4v) is 3.94. The third kappa shape index (κ3) is 3.64. The van der Waals surface area contributed by atoms with Gasteiger partial charge in [0.05, 0.1) is 18.2 Å². The molecule has 4 nitrogen and oxygen atoms in total. The number of piperidine rings is 1. The Morgan fingerprint density at radius 2 is 1.85 bits per heavy atom. The highest BCUT2D eigenvalue weighted by Crippen LogP contribution is 2.34. The SMILES string of the molecule is O=C(NC1COC2(CCNCC2)C1)c1cccc(-c2cccc(F)c2)c1. The number of benzene rings is 2. The molecule has 2 N–H and O–H groups in total. The monoisotopic (exact) mass is 354 g/mol. The summed E-state index contributed by atoms with van der Waals surface area (Å²) in [5, 5.41) is 6.45. The molecule has 0 aliphatic carbocycles. The van der Waals surface area contributed by atoms with Crippen molar-refractivity contribution in [3.05, 3.63) is 59.9 Å². The Morgan fingerprint density at radius 3 is 2.62 bits per heavy atom. The molecule has 2 heterocycles. The van der Waals surface area contributed by atoms with Crippen molar-refractivity contribution in [1.82, 2.24) is 10.6 Å². The molecule has 1 atom stereocenters. The van der Waals surface area contributed by atoms with Crippen molar-refractivity contribution >= 4 is 5.91 Å². The number of carbonyl (C=O) groups excluding carboxylic acids is 1. The Kier molecular flexibility index (Phi) is 4.74. The summed E-state index contributed by atoms with van der Waals surface area (Å²) in [5.41, 5.74) is 2.09. The standard InChI is InChI=1S/C21H23FN2O2/c22-18-6-2-4-16(12-18)15-3-1-5-17(11-15)20(25)24-19-13-21(26-14-19)7-9-23-10-8-21/h1-6,11-12,19,23H,7-10,13-14H2,(H,24,25). The number of ether oxygens (including phenoxy) is 1. The van der Waals surface area contributed by atoms with E-state index in [1.807, 2.05) is 18.2 Å². The van der Waals surface area contributed by atoms with Gasteiger partial charge in [-0.25, -0.2) is 4.39 Å². The van der Waals surface area contributed by atoms with Gasteiger partial charge in [0.25, 0.3) is 5.91 Å². The number of hydrogen-bond acceptors (Lipinski definition) is 3. The molecule has 2 aromatic carbocycles. The highest BCUT2D eigenvalue weighted by atomic mass is 19.1. The predicted octanol–water partition coefficient (Wildman–Crippen LogP) is 3.13. The Labute approximate surface area is 152 Å². The Bertz CT molecular complexity index is 802. The van der Waals surface area contributed by atoms with E-state index in [1.54, 1.807) is 18.2 Å². The first-order chi connectivity index (χ1) is 12.6. The van der Waals surface area contributed by atoms with E-state index in [0.717, 1.165) is 43.5 Å². The van der Waals surface area contributed by atoms with Gasteiger partial charge in [-0.15, -0.1) is 0 Å². The van der Waals surface area contributed by atoms with Crippen molar-refractivity contribution in [2.75, 3.05) is 19.7 Å². The van der Waals surface area contributed by atoms with Crippen LogP contribution in [0.4, 0.5) is 4.39 Å². The fourth-order valence-electron chi connectivity index (χ4n) is 3.94. The summed E-state index contributed by atoms with van der Waals surface area (Å²) in [6.45, 7) is 2.50. The van der Waals surface area contributed by atoms with E-state index in [1.165, 1.54) is 12.1 Å². The minimum atomic E-state index is -0.285. The van der Waals surface area contributed by atoms with E-state index in [4.69, 9.17) is 4.74 Å². The number of amides is 1. The molecule has 0 radical (unpaired) electrons. The summed E-state index contributed by atoms with van der Waals surface area (Å²) in [6.07, 6.45) is 2.85. The predicted molar refractivity (Wildman–Crippen MR) is 98.5 cm³/mol. The first-order valence-electron chi connectivity index (χ1n) is 9.15. The molecule has 2 aliphatic rings. The van der Waals surface area contributed by atoms with Crippen LogP contribution in [-0.4, -0.2) is 37.2 Å². The van der Waals surface area contributed by atoms with Gasteiger partial charge in [-0.3, -0.25) is 4.79 Å². The van der Waals surface area contributed by atoms with Gasteiger partial charge in [0.15, 0.2) is 0 Å². The second-order valence-corrected chi connectivity index (χ2v) is 7.21. The van der Waals surface area contributed by atoms with Crippen molar-refractivity contribution < 1.29 is 13.9 Å². The second-order valence-electron chi connectivity index (χ2n) is 7.21. The van der Waals surface area contributed by atoms with Gasteiger partial charge in [-0.1, -0.05) is 24.3 Å². The van der Waals surface area contributed by atoms with E-state index < -0.39 is 0 Å². The van der Waals surface area contributed by atoms with Crippen molar-refractivity contribution in [3.8, 4) is 11.1 Å². The van der Waals surface area contributed by atoms with E-state index in [2.05, 4.69) is 10.6 Å². The molecule has 1 unspecified atom stereocenters. The molecule has 4 rings (SSSR count). The minimum absolute atomic E-state index is 0.0402. The summed E-state index contributed by atoms with van der Waals surface area (Å²) in [5.74, 6) is -0.393. The third-order valence-electron chi connectivity index (χ3n) is 5.34. The number of nitrogens with one attached hydrogen (secondary N) is 2. The second kappa shape index (κ2) is 7.17. The molecule has 26 heavy (non-hydrogen) atoms. The molecule has 136 valence electrons. The van der Waals surface area contributed by atoms with Crippen molar-refractivity contribution in [3.63, 3.8) is 0 Å². The summed E-state index contributed by atoms with van der Waals surface area (Å²) < 4.78 is 19.5. The summed E-state index contributed by atoms with van der Waals surface area (Å²) in [6, 6.07) is 13.7. The van der Waals surface area contributed by atoms with Crippen LogP contribution in [0.25, 0.3) is 11.1 Å². The maximum atomic E-state index is 13.5. The van der Waals surface area contributed by atoms with Gasteiger partial charge < -0.3 is 15.4 Å². The fraction of sp³-hybridized carbons (Fsp3) is 0.381. The topological polar surface area (TPSA) is 50.4 Å². The number of halogens is 1. The first-order valence-corrected chi connectivity index (χ1v) is 9.15. The van der Waals surface area contributed by atoms with Crippen LogP contribution in [0, 0.1) is 5.82 Å². The van der Waals surface area contributed by atoms with E-state index in [0.29, 0.717) is 12.2 Å². The smallest absolute Gasteiger partial charge is 0.251 e. The molecule has 1 spiro atoms. The summed E-state index contributed by atoms with van der Waals surface area (Å²) >= 11 is 0. The van der Waals surface area contributed by atoms with Crippen LogP contribution in [0.1, 0.15) is 29.6 Å². The number of hydrogen-bond donors (Lipinski definition) is 2. The van der Waals surface area contributed by atoms with Crippen molar-refractivity contribution in [2.24, 2.45) is 0 Å². The Balaban J connectivity index is 1.45. The lowest BCUT2D eigenvalue weighted by Gasteiger charge is -2.32. The number of carbonyl (C=O) groups is 1. The molecule has 0 aromatic heterocycles. The molecule has 2 fully saturated rings. The van der Waals surface area contributed by atoms with Gasteiger partial charge in [-0.05, 0) is 67.7 Å². The molecule has 2 aliphatic heterocycles. The lowest BCUT2D eigenvalue weighted by Crippen LogP contribution is -2.43. The zero-order valence-corrected chi connectivity index (χ0v) is 14.6. The molecule has 1 amide bonds. The molecule has 2 saturated heterocycles.